The fourth-order valence-corrected chi connectivity index (χ4v) is 2.61. The first kappa shape index (κ1) is 12.8. The first-order valence-corrected chi connectivity index (χ1v) is 7.03. The molecule has 2 N–H and O–H groups in total. The van der Waals surface area contributed by atoms with Crippen molar-refractivity contribution in [3.05, 3.63) is 35.2 Å². The Morgan fingerprint density at radius 2 is 1.95 bits per heavy atom. The molecule has 2 aromatic rings. The molecule has 1 fully saturated rings. The Morgan fingerprint density at radius 1 is 1.25 bits per heavy atom. The number of hydrogen-bond acceptors (Lipinski definition) is 4. The quantitative estimate of drug-likeness (QED) is 0.906. The summed E-state index contributed by atoms with van der Waals surface area (Å²) in [5.41, 5.74) is 1.62. The van der Waals surface area contributed by atoms with Gasteiger partial charge in [-0.15, -0.1) is 0 Å². The largest absolute Gasteiger partial charge is 0.477 e. The lowest BCUT2D eigenvalue weighted by Gasteiger charge is -2.06. The maximum Gasteiger partial charge on any atom is 0.349 e. The van der Waals surface area contributed by atoms with Gasteiger partial charge in [0.15, 0.2) is 4.88 Å². The first-order chi connectivity index (χ1) is 9.66. The molecule has 5 nitrogen and oxygen atoms in total. The van der Waals surface area contributed by atoms with Gasteiger partial charge in [0, 0.05) is 11.5 Å². The van der Waals surface area contributed by atoms with Crippen LogP contribution in [0.3, 0.4) is 0 Å². The summed E-state index contributed by atoms with van der Waals surface area (Å²) in [7, 11) is 0. The third kappa shape index (κ3) is 2.42. The number of anilines is 1. The van der Waals surface area contributed by atoms with Crippen LogP contribution in [0.25, 0.3) is 11.3 Å². The molecule has 1 aromatic heterocycles. The van der Waals surface area contributed by atoms with Crippen molar-refractivity contribution >= 4 is 29.1 Å². The average molecular weight is 288 g/mol. The fraction of sp³-hybridized carbons (Fsp3) is 0.214. The van der Waals surface area contributed by atoms with E-state index in [1.54, 1.807) is 0 Å². The number of benzene rings is 1. The van der Waals surface area contributed by atoms with Gasteiger partial charge in [0.25, 0.3) is 0 Å². The number of nitrogens with one attached hydrogen (secondary N) is 1. The number of aromatic carboxylic acids is 1. The Hall–Kier alpha value is -2.21. The van der Waals surface area contributed by atoms with Gasteiger partial charge in [0.05, 0.1) is 5.69 Å². The van der Waals surface area contributed by atoms with Gasteiger partial charge < -0.3 is 10.4 Å². The second-order valence-corrected chi connectivity index (χ2v) is 5.44. The standard InChI is InChI=1S/C14H12N2O3S/c17-13(9-6-7-9)15-11-10(8-4-2-1-3-5-8)16-20-12(11)14(18)19/h1-5,9H,6-7H2,(H,15,17)(H,18,19). The lowest BCUT2D eigenvalue weighted by molar-refractivity contribution is -0.117. The predicted molar refractivity (Wildman–Crippen MR) is 75.9 cm³/mol. The summed E-state index contributed by atoms with van der Waals surface area (Å²) in [6.45, 7) is 0. The van der Waals surface area contributed by atoms with Crippen molar-refractivity contribution in [1.82, 2.24) is 4.37 Å². The summed E-state index contributed by atoms with van der Waals surface area (Å²) >= 11 is 0.889. The van der Waals surface area contributed by atoms with Crippen molar-refractivity contribution in [2.45, 2.75) is 12.8 Å². The molecule has 1 aromatic carbocycles. The molecule has 0 aliphatic heterocycles. The fourth-order valence-electron chi connectivity index (χ4n) is 1.92. The highest BCUT2D eigenvalue weighted by atomic mass is 32.1. The van der Waals surface area contributed by atoms with E-state index in [9.17, 15) is 14.7 Å². The molecule has 0 radical (unpaired) electrons. The monoisotopic (exact) mass is 288 g/mol. The normalized spacial score (nSPS) is 14.0. The summed E-state index contributed by atoms with van der Waals surface area (Å²) in [4.78, 5) is 23.2. The van der Waals surface area contributed by atoms with Crippen LogP contribution in [0, 0.1) is 5.92 Å². The predicted octanol–water partition coefficient (Wildman–Crippen LogP) is 2.86. The van der Waals surface area contributed by atoms with E-state index in [-0.39, 0.29) is 16.7 Å². The molecule has 0 unspecified atom stereocenters. The van der Waals surface area contributed by atoms with Crippen LogP contribution in [0.2, 0.25) is 0 Å². The summed E-state index contributed by atoms with van der Waals surface area (Å²) in [5.74, 6) is -1.18. The van der Waals surface area contributed by atoms with Gasteiger partial charge in [-0.05, 0) is 24.4 Å². The van der Waals surface area contributed by atoms with Crippen molar-refractivity contribution in [3.63, 3.8) is 0 Å². The number of carboxylic acids is 1. The molecule has 0 spiro atoms. The van der Waals surface area contributed by atoms with Crippen LogP contribution < -0.4 is 5.32 Å². The zero-order valence-corrected chi connectivity index (χ0v) is 11.3. The van der Waals surface area contributed by atoms with Crippen LogP contribution in [0.4, 0.5) is 5.69 Å². The molecule has 1 amide bonds. The molecule has 0 atom stereocenters. The molecule has 6 heteroatoms. The average Bonchev–Trinajstić information content (AvgIpc) is 3.21. The number of hydrogen-bond donors (Lipinski definition) is 2. The highest BCUT2D eigenvalue weighted by Crippen LogP contribution is 2.36. The van der Waals surface area contributed by atoms with Gasteiger partial charge in [-0.25, -0.2) is 4.79 Å². The summed E-state index contributed by atoms with van der Waals surface area (Å²) < 4.78 is 4.19. The van der Waals surface area contributed by atoms with Gasteiger partial charge >= 0.3 is 5.97 Å². The van der Waals surface area contributed by atoms with E-state index in [0.717, 1.165) is 29.9 Å². The first-order valence-electron chi connectivity index (χ1n) is 6.26. The van der Waals surface area contributed by atoms with Crippen molar-refractivity contribution < 1.29 is 14.7 Å². The summed E-state index contributed by atoms with van der Waals surface area (Å²) in [6.07, 6.45) is 1.74. The van der Waals surface area contributed by atoms with Crippen LogP contribution in [-0.2, 0) is 4.79 Å². The Labute approximate surface area is 119 Å². The zero-order chi connectivity index (χ0) is 14.1. The van der Waals surface area contributed by atoms with Gasteiger partial charge in [0.1, 0.15) is 5.69 Å². The molecule has 1 aliphatic carbocycles. The van der Waals surface area contributed by atoms with Gasteiger partial charge in [-0.1, -0.05) is 30.3 Å². The van der Waals surface area contributed by atoms with Gasteiger partial charge in [0.2, 0.25) is 5.91 Å². The van der Waals surface area contributed by atoms with Crippen LogP contribution in [0.15, 0.2) is 30.3 Å². The third-order valence-corrected chi connectivity index (χ3v) is 3.97. The molecular weight excluding hydrogens is 276 g/mol. The SMILES string of the molecule is O=C(O)c1snc(-c2ccccc2)c1NC(=O)C1CC1. The van der Waals surface area contributed by atoms with Crippen LogP contribution >= 0.6 is 11.5 Å². The topological polar surface area (TPSA) is 79.3 Å². The lowest BCUT2D eigenvalue weighted by Crippen LogP contribution is -2.15. The van der Waals surface area contributed by atoms with E-state index < -0.39 is 5.97 Å². The second-order valence-electron chi connectivity index (χ2n) is 4.67. The van der Waals surface area contributed by atoms with Crippen LogP contribution in [-0.4, -0.2) is 21.4 Å². The Kier molecular flexibility index (Phi) is 3.23. The molecule has 0 saturated heterocycles. The van der Waals surface area contributed by atoms with E-state index in [1.807, 2.05) is 30.3 Å². The lowest BCUT2D eigenvalue weighted by atomic mass is 10.1. The smallest absolute Gasteiger partial charge is 0.349 e. The maximum atomic E-state index is 11.9. The molecule has 0 bridgehead atoms. The van der Waals surface area contributed by atoms with Crippen molar-refractivity contribution in [3.8, 4) is 11.3 Å². The Balaban J connectivity index is 2.01. The highest BCUT2D eigenvalue weighted by Gasteiger charge is 2.32. The molecule has 1 aliphatic rings. The van der Waals surface area contributed by atoms with Crippen molar-refractivity contribution in [1.29, 1.82) is 0 Å². The van der Waals surface area contributed by atoms with E-state index in [2.05, 4.69) is 9.69 Å². The van der Waals surface area contributed by atoms with Crippen LogP contribution in [0.5, 0.6) is 0 Å². The molecular formula is C14H12N2O3S. The van der Waals surface area contributed by atoms with E-state index >= 15 is 0 Å². The Morgan fingerprint density at radius 3 is 2.55 bits per heavy atom. The zero-order valence-electron chi connectivity index (χ0n) is 10.5. The minimum absolute atomic E-state index is 0.0140. The van der Waals surface area contributed by atoms with E-state index in [0.29, 0.717) is 11.4 Å². The second kappa shape index (κ2) is 5.05. The molecule has 3 rings (SSSR count). The van der Waals surface area contributed by atoms with Crippen molar-refractivity contribution in [2.24, 2.45) is 5.92 Å². The van der Waals surface area contributed by atoms with Crippen molar-refractivity contribution in [2.75, 3.05) is 5.32 Å². The maximum absolute atomic E-state index is 11.9. The number of carboxylic acid groups (broad SMARTS) is 1. The molecule has 20 heavy (non-hydrogen) atoms. The van der Waals surface area contributed by atoms with Gasteiger partial charge in [-0.2, -0.15) is 4.37 Å². The number of carbonyl (C=O) groups excluding carboxylic acids is 1. The minimum Gasteiger partial charge on any atom is -0.477 e. The summed E-state index contributed by atoms with van der Waals surface area (Å²) in [6, 6.07) is 9.25. The molecule has 1 heterocycles. The number of carbonyl (C=O) groups is 2. The van der Waals surface area contributed by atoms with E-state index in [1.165, 1.54) is 0 Å². The Bertz CT molecular complexity index is 662. The van der Waals surface area contributed by atoms with Crippen LogP contribution in [0.1, 0.15) is 22.5 Å². The summed E-state index contributed by atoms with van der Waals surface area (Å²) in [5, 5.41) is 11.9. The number of rotatable bonds is 4. The van der Waals surface area contributed by atoms with Gasteiger partial charge in [-0.3, -0.25) is 4.79 Å². The number of aromatic nitrogens is 1. The highest BCUT2D eigenvalue weighted by molar-refractivity contribution is 7.09. The molecule has 102 valence electrons. The minimum atomic E-state index is -1.07. The number of nitrogens with zero attached hydrogens (tertiary/aromatic N) is 1. The van der Waals surface area contributed by atoms with E-state index in [4.69, 9.17) is 0 Å². The number of amides is 1. The molecule has 1 saturated carbocycles. The third-order valence-electron chi connectivity index (χ3n) is 3.13.